The van der Waals surface area contributed by atoms with E-state index < -0.39 is 6.03 Å². The molecule has 2 N–H and O–H groups in total. The van der Waals surface area contributed by atoms with Crippen molar-refractivity contribution in [2.45, 2.75) is 13.8 Å². The molecule has 3 amide bonds. The monoisotopic (exact) mass is 535 g/mol. The van der Waals surface area contributed by atoms with E-state index in [1.54, 1.807) is 42.3 Å². The number of urea groups is 1. The third kappa shape index (κ3) is 6.31. The molecule has 1 heterocycles. The lowest BCUT2D eigenvalue weighted by molar-refractivity contribution is 0.0773. The van der Waals surface area contributed by atoms with Crippen molar-refractivity contribution in [3.63, 3.8) is 0 Å². The lowest BCUT2D eigenvalue weighted by Gasteiger charge is -2.38. The standard InChI is InChI=1S/C29H34ClN5O3/c1-4-33(5-2)28(36)24-20-23(32-29(37)31-22-12-10-21(30)11-13-22)14-15-25(24)34-16-18-35(19-17-34)26-8-6-7-9-27(26)38-3/h6-15,20H,4-5,16-19H2,1-3H3,(H2,31,32,37). The molecule has 1 aliphatic rings. The molecule has 38 heavy (non-hydrogen) atoms. The van der Waals surface area contributed by atoms with E-state index in [9.17, 15) is 9.59 Å². The van der Waals surface area contributed by atoms with E-state index in [1.807, 2.05) is 44.2 Å². The highest BCUT2D eigenvalue weighted by molar-refractivity contribution is 6.30. The van der Waals surface area contributed by atoms with Crippen LogP contribution in [0, 0.1) is 0 Å². The van der Waals surface area contributed by atoms with Crippen LogP contribution in [0.5, 0.6) is 5.75 Å². The van der Waals surface area contributed by atoms with Gasteiger partial charge in [0.2, 0.25) is 0 Å². The number of nitrogens with zero attached hydrogens (tertiary/aromatic N) is 3. The van der Waals surface area contributed by atoms with Gasteiger partial charge in [-0.1, -0.05) is 23.7 Å². The van der Waals surface area contributed by atoms with E-state index in [2.05, 4.69) is 26.5 Å². The fraction of sp³-hybridized carbons (Fsp3) is 0.310. The van der Waals surface area contributed by atoms with Gasteiger partial charge in [-0.2, -0.15) is 0 Å². The average Bonchev–Trinajstić information content (AvgIpc) is 2.95. The topological polar surface area (TPSA) is 77.2 Å². The van der Waals surface area contributed by atoms with E-state index >= 15 is 0 Å². The summed E-state index contributed by atoms with van der Waals surface area (Å²) in [6.45, 7) is 8.23. The molecule has 1 aliphatic heterocycles. The van der Waals surface area contributed by atoms with Crippen LogP contribution < -0.4 is 25.2 Å². The molecule has 0 radical (unpaired) electrons. The van der Waals surface area contributed by atoms with Gasteiger partial charge in [0, 0.05) is 61.4 Å². The van der Waals surface area contributed by atoms with Gasteiger partial charge in [0.05, 0.1) is 18.4 Å². The van der Waals surface area contributed by atoms with Crippen LogP contribution in [0.3, 0.4) is 0 Å². The van der Waals surface area contributed by atoms with E-state index in [1.165, 1.54) is 0 Å². The largest absolute Gasteiger partial charge is 0.495 e. The molecular formula is C29H34ClN5O3. The zero-order chi connectivity index (χ0) is 27.1. The van der Waals surface area contributed by atoms with Crippen LogP contribution in [0.4, 0.5) is 27.5 Å². The summed E-state index contributed by atoms with van der Waals surface area (Å²) < 4.78 is 5.55. The SMILES string of the molecule is CCN(CC)C(=O)c1cc(NC(=O)Nc2ccc(Cl)cc2)ccc1N1CCN(c2ccccc2OC)CC1. The van der Waals surface area contributed by atoms with Crippen LogP contribution in [0.1, 0.15) is 24.2 Å². The summed E-state index contributed by atoms with van der Waals surface area (Å²) in [6.07, 6.45) is 0. The first kappa shape index (κ1) is 27.1. The summed E-state index contributed by atoms with van der Waals surface area (Å²) in [7, 11) is 1.69. The van der Waals surface area contributed by atoms with Gasteiger partial charge in [0.25, 0.3) is 5.91 Å². The minimum atomic E-state index is -0.397. The molecule has 0 unspecified atom stereocenters. The van der Waals surface area contributed by atoms with E-state index in [-0.39, 0.29) is 5.91 Å². The number of amides is 3. The Balaban J connectivity index is 1.53. The maximum Gasteiger partial charge on any atom is 0.323 e. The molecule has 1 saturated heterocycles. The van der Waals surface area contributed by atoms with Crippen molar-refractivity contribution in [1.82, 2.24) is 4.90 Å². The molecule has 200 valence electrons. The molecule has 0 spiro atoms. The molecule has 8 nitrogen and oxygen atoms in total. The quantitative estimate of drug-likeness (QED) is 0.381. The highest BCUT2D eigenvalue weighted by Gasteiger charge is 2.25. The van der Waals surface area contributed by atoms with Gasteiger partial charge in [-0.05, 0) is 68.4 Å². The van der Waals surface area contributed by atoms with Gasteiger partial charge in [0.1, 0.15) is 5.75 Å². The number of halogens is 1. The maximum absolute atomic E-state index is 13.5. The first-order valence-electron chi connectivity index (χ1n) is 12.8. The number of ether oxygens (including phenoxy) is 1. The van der Waals surface area contributed by atoms with Gasteiger partial charge in [0.15, 0.2) is 0 Å². The smallest absolute Gasteiger partial charge is 0.323 e. The van der Waals surface area contributed by atoms with Crippen molar-refractivity contribution in [2.24, 2.45) is 0 Å². The number of methoxy groups -OCH3 is 1. The van der Waals surface area contributed by atoms with Crippen LogP contribution in [-0.4, -0.2) is 63.2 Å². The van der Waals surface area contributed by atoms with E-state index in [0.29, 0.717) is 35.1 Å². The molecule has 4 rings (SSSR count). The molecule has 0 aliphatic carbocycles. The summed E-state index contributed by atoms with van der Waals surface area (Å²) in [5.41, 5.74) is 3.67. The van der Waals surface area contributed by atoms with Gasteiger partial charge >= 0.3 is 6.03 Å². The predicted molar refractivity (Wildman–Crippen MR) is 155 cm³/mol. The Morgan fingerprint density at radius 2 is 1.42 bits per heavy atom. The van der Waals surface area contributed by atoms with Crippen molar-refractivity contribution in [1.29, 1.82) is 0 Å². The Morgan fingerprint density at radius 1 is 0.842 bits per heavy atom. The van der Waals surface area contributed by atoms with Crippen molar-refractivity contribution in [3.05, 3.63) is 77.3 Å². The van der Waals surface area contributed by atoms with Crippen molar-refractivity contribution in [2.75, 3.05) is 66.8 Å². The number of benzene rings is 3. The predicted octanol–water partition coefficient (Wildman–Crippen LogP) is 5.80. The van der Waals surface area contributed by atoms with Gasteiger partial charge < -0.3 is 30.1 Å². The third-order valence-electron chi connectivity index (χ3n) is 6.68. The van der Waals surface area contributed by atoms with Crippen LogP contribution in [0.15, 0.2) is 66.7 Å². The second-order valence-corrected chi connectivity index (χ2v) is 9.38. The summed E-state index contributed by atoms with van der Waals surface area (Å²) >= 11 is 5.93. The minimum Gasteiger partial charge on any atom is -0.495 e. The number of carbonyl (C=O) groups is 2. The van der Waals surface area contributed by atoms with Gasteiger partial charge in [-0.15, -0.1) is 0 Å². The number of nitrogens with one attached hydrogen (secondary N) is 2. The fourth-order valence-corrected chi connectivity index (χ4v) is 4.77. The molecular weight excluding hydrogens is 502 g/mol. The van der Waals surface area contributed by atoms with Crippen LogP contribution >= 0.6 is 11.6 Å². The maximum atomic E-state index is 13.5. The summed E-state index contributed by atoms with van der Waals surface area (Å²) in [4.78, 5) is 32.5. The lowest BCUT2D eigenvalue weighted by atomic mass is 10.1. The highest BCUT2D eigenvalue weighted by Crippen LogP contribution is 2.31. The third-order valence-corrected chi connectivity index (χ3v) is 6.94. The van der Waals surface area contributed by atoms with Gasteiger partial charge in [-0.25, -0.2) is 4.79 Å². The van der Waals surface area contributed by atoms with Crippen molar-refractivity contribution >= 4 is 46.3 Å². The first-order chi connectivity index (χ1) is 18.4. The normalized spacial score (nSPS) is 13.2. The Labute approximate surface area is 229 Å². The van der Waals surface area contributed by atoms with Crippen molar-refractivity contribution in [3.8, 4) is 5.75 Å². The Kier molecular flexibility index (Phi) is 8.97. The summed E-state index contributed by atoms with van der Waals surface area (Å²) in [6, 6.07) is 20.0. The van der Waals surface area contributed by atoms with E-state index in [0.717, 1.165) is 43.3 Å². The van der Waals surface area contributed by atoms with Gasteiger partial charge in [-0.3, -0.25) is 4.79 Å². The number of rotatable bonds is 8. The number of para-hydroxylation sites is 2. The summed E-state index contributed by atoms with van der Waals surface area (Å²) in [5, 5.41) is 6.23. The first-order valence-corrected chi connectivity index (χ1v) is 13.2. The Hall–Kier alpha value is -3.91. The second-order valence-electron chi connectivity index (χ2n) is 8.94. The lowest BCUT2D eigenvalue weighted by Crippen LogP contribution is -2.47. The second kappa shape index (κ2) is 12.6. The number of hydrogen-bond donors (Lipinski definition) is 2. The minimum absolute atomic E-state index is 0.0566. The van der Waals surface area contributed by atoms with Crippen LogP contribution in [-0.2, 0) is 0 Å². The Bertz CT molecular complexity index is 1260. The Morgan fingerprint density at radius 3 is 2.05 bits per heavy atom. The van der Waals surface area contributed by atoms with E-state index in [4.69, 9.17) is 16.3 Å². The molecule has 3 aromatic rings. The molecule has 0 bridgehead atoms. The zero-order valence-electron chi connectivity index (χ0n) is 22.0. The molecule has 3 aromatic carbocycles. The number of piperazine rings is 1. The highest BCUT2D eigenvalue weighted by atomic mass is 35.5. The molecule has 0 aromatic heterocycles. The zero-order valence-corrected chi connectivity index (χ0v) is 22.8. The number of anilines is 4. The van der Waals surface area contributed by atoms with Crippen LogP contribution in [0.2, 0.25) is 5.02 Å². The molecule has 0 saturated carbocycles. The molecule has 9 heteroatoms. The number of carbonyl (C=O) groups excluding carboxylic acids is 2. The molecule has 0 atom stereocenters. The number of hydrogen-bond acceptors (Lipinski definition) is 5. The van der Waals surface area contributed by atoms with Crippen LogP contribution in [0.25, 0.3) is 0 Å². The van der Waals surface area contributed by atoms with Crippen molar-refractivity contribution < 1.29 is 14.3 Å². The summed E-state index contributed by atoms with van der Waals surface area (Å²) in [5.74, 6) is 0.796. The average molecular weight is 536 g/mol. The fourth-order valence-electron chi connectivity index (χ4n) is 4.65. The molecule has 1 fully saturated rings.